The lowest BCUT2D eigenvalue weighted by atomic mass is 10.1. The normalized spacial score (nSPS) is 11.0. The summed E-state index contributed by atoms with van der Waals surface area (Å²) >= 11 is 6.13. The summed E-state index contributed by atoms with van der Waals surface area (Å²) < 4.78 is 10.0. The largest absolute Gasteiger partial charge is 0.466 e. The Morgan fingerprint density at radius 3 is 2.50 bits per heavy atom. The minimum absolute atomic E-state index is 0.241. The predicted octanol–water partition coefficient (Wildman–Crippen LogP) is 4.18. The van der Waals surface area contributed by atoms with Crippen molar-refractivity contribution in [1.82, 2.24) is 0 Å². The maximum atomic E-state index is 11.7. The first-order valence-corrected chi connectivity index (χ1v) is 7.53. The first-order valence-electron chi connectivity index (χ1n) is 7.15. The third-order valence-electron chi connectivity index (χ3n) is 2.59. The van der Waals surface area contributed by atoms with Crippen molar-refractivity contribution in [3.8, 4) is 0 Å². The van der Waals surface area contributed by atoms with Crippen LogP contribution in [0.1, 0.15) is 39.7 Å². The molecule has 0 aromatic heterocycles. The quantitative estimate of drug-likeness (QED) is 0.824. The molecule has 0 saturated carbocycles. The lowest BCUT2D eigenvalue weighted by molar-refractivity contribution is -0.143. The number of esters is 1. The van der Waals surface area contributed by atoms with Crippen molar-refractivity contribution < 1.29 is 19.1 Å². The molecule has 1 aromatic carbocycles. The van der Waals surface area contributed by atoms with Gasteiger partial charge in [0.05, 0.1) is 17.3 Å². The Kier molecular flexibility index (Phi) is 6.68. The first kappa shape index (κ1) is 18.3. The van der Waals surface area contributed by atoms with Gasteiger partial charge in [0.1, 0.15) is 5.60 Å². The molecule has 6 heteroatoms. The highest BCUT2D eigenvalue weighted by molar-refractivity contribution is 6.33. The van der Waals surface area contributed by atoms with Gasteiger partial charge in [-0.05, 0) is 51.8 Å². The number of aryl methyl sites for hydroxylation is 1. The lowest BCUT2D eigenvalue weighted by Gasteiger charge is -2.20. The van der Waals surface area contributed by atoms with Gasteiger partial charge in [0.2, 0.25) is 0 Å². The molecule has 1 N–H and O–H groups in total. The fourth-order valence-corrected chi connectivity index (χ4v) is 1.96. The number of carbonyl (C=O) groups excluding carboxylic acids is 2. The lowest BCUT2D eigenvalue weighted by Crippen LogP contribution is -2.27. The summed E-state index contributed by atoms with van der Waals surface area (Å²) in [5.41, 5.74) is 0.791. The Morgan fingerprint density at radius 2 is 1.95 bits per heavy atom. The molecule has 1 rings (SSSR count). The summed E-state index contributed by atoms with van der Waals surface area (Å²) in [5.74, 6) is -0.241. The number of halogens is 1. The van der Waals surface area contributed by atoms with Crippen LogP contribution in [0.2, 0.25) is 5.02 Å². The first-order chi connectivity index (χ1) is 10.2. The third-order valence-corrected chi connectivity index (χ3v) is 2.90. The van der Waals surface area contributed by atoms with E-state index in [1.807, 2.05) is 0 Å². The molecule has 0 atom stereocenters. The minimum atomic E-state index is -0.573. The van der Waals surface area contributed by atoms with Gasteiger partial charge in [0.25, 0.3) is 0 Å². The molecule has 22 heavy (non-hydrogen) atoms. The number of ether oxygens (including phenoxy) is 2. The van der Waals surface area contributed by atoms with E-state index in [0.717, 1.165) is 5.56 Å². The Morgan fingerprint density at radius 1 is 1.27 bits per heavy atom. The Balaban J connectivity index is 2.62. The van der Waals surface area contributed by atoms with E-state index in [1.165, 1.54) is 0 Å². The maximum Gasteiger partial charge on any atom is 0.412 e. The van der Waals surface area contributed by atoms with E-state index in [9.17, 15) is 9.59 Å². The molecule has 0 fully saturated rings. The van der Waals surface area contributed by atoms with Crippen LogP contribution in [0.5, 0.6) is 0 Å². The second kappa shape index (κ2) is 8.03. The molecule has 0 saturated heterocycles. The zero-order valence-electron chi connectivity index (χ0n) is 13.4. The molecule has 0 heterocycles. The van der Waals surface area contributed by atoms with Crippen LogP contribution in [0.3, 0.4) is 0 Å². The SMILES string of the molecule is CCOC(=O)CCc1ccc(NC(=O)OC(C)(C)C)c(Cl)c1. The highest BCUT2D eigenvalue weighted by atomic mass is 35.5. The van der Waals surface area contributed by atoms with Gasteiger partial charge in [-0.2, -0.15) is 0 Å². The molecule has 0 aliphatic heterocycles. The van der Waals surface area contributed by atoms with E-state index in [2.05, 4.69) is 5.32 Å². The second-order valence-electron chi connectivity index (χ2n) is 5.75. The van der Waals surface area contributed by atoms with Crippen LogP contribution < -0.4 is 5.32 Å². The molecule has 0 aliphatic carbocycles. The number of hydrogen-bond acceptors (Lipinski definition) is 4. The Bertz CT molecular complexity index is 537. The van der Waals surface area contributed by atoms with E-state index >= 15 is 0 Å². The van der Waals surface area contributed by atoms with E-state index in [0.29, 0.717) is 30.2 Å². The van der Waals surface area contributed by atoms with Crippen LogP contribution >= 0.6 is 11.6 Å². The predicted molar refractivity (Wildman–Crippen MR) is 86.3 cm³/mol. The van der Waals surface area contributed by atoms with E-state index in [1.54, 1.807) is 45.9 Å². The van der Waals surface area contributed by atoms with Gasteiger partial charge >= 0.3 is 12.1 Å². The molecule has 0 radical (unpaired) electrons. The van der Waals surface area contributed by atoms with Gasteiger partial charge < -0.3 is 9.47 Å². The minimum Gasteiger partial charge on any atom is -0.466 e. The molecule has 5 nitrogen and oxygen atoms in total. The highest BCUT2D eigenvalue weighted by Gasteiger charge is 2.17. The summed E-state index contributed by atoms with van der Waals surface area (Å²) in [6, 6.07) is 5.21. The molecule has 0 unspecified atom stereocenters. The molecular weight excluding hydrogens is 306 g/mol. The van der Waals surface area contributed by atoms with Crippen LogP contribution in [-0.2, 0) is 20.7 Å². The maximum absolute atomic E-state index is 11.7. The average Bonchev–Trinajstić information content (AvgIpc) is 2.37. The van der Waals surface area contributed by atoms with Gasteiger partial charge in [-0.3, -0.25) is 10.1 Å². The van der Waals surface area contributed by atoms with E-state index < -0.39 is 11.7 Å². The van der Waals surface area contributed by atoms with E-state index in [-0.39, 0.29) is 5.97 Å². The summed E-state index contributed by atoms with van der Waals surface area (Å²) in [7, 11) is 0. The summed E-state index contributed by atoms with van der Waals surface area (Å²) in [5, 5.41) is 2.99. The fourth-order valence-electron chi connectivity index (χ4n) is 1.71. The molecule has 0 bridgehead atoms. The smallest absolute Gasteiger partial charge is 0.412 e. The number of rotatable bonds is 5. The number of nitrogens with one attached hydrogen (secondary N) is 1. The third kappa shape index (κ3) is 6.80. The van der Waals surface area contributed by atoms with Crippen molar-refractivity contribution in [2.75, 3.05) is 11.9 Å². The zero-order chi connectivity index (χ0) is 16.8. The molecule has 1 aromatic rings. The monoisotopic (exact) mass is 327 g/mol. The van der Waals surface area contributed by atoms with Gasteiger partial charge in [0.15, 0.2) is 0 Å². The second-order valence-corrected chi connectivity index (χ2v) is 6.15. The van der Waals surface area contributed by atoms with Crippen LogP contribution in [0.4, 0.5) is 10.5 Å². The zero-order valence-corrected chi connectivity index (χ0v) is 14.1. The standard InChI is InChI=1S/C16H22ClNO4/c1-5-21-14(19)9-7-11-6-8-13(12(17)10-11)18-15(20)22-16(2,3)4/h6,8,10H,5,7,9H2,1-4H3,(H,18,20). The van der Waals surface area contributed by atoms with Crippen molar-refractivity contribution in [2.45, 2.75) is 46.1 Å². The number of anilines is 1. The van der Waals surface area contributed by atoms with Crippen molar-refractivity contribution in [3.05, 3.63) is 28.8 Å². The van der Waals surface area contributed by atoms with Crippen LogP contribution in [0.25, 0.3) is 0 Å². The van der Waals surface area contributed by atoms with Crippen LogP contribution in [0.15, 0.2) is 18.2 Å². The van der Waals surface area contributed by atoms with Crippen molar-refractivity contribution in [3.63, 3.8) is 0 Å². The summed E-state index contributed by atoms with van der Waals surface area (Å²) in [6.07, 6.45) is 0.266. The van der Waals surface area contributed by atoms with Crippen LogP contribution in [0, 0.1) is 0 Å². The number of carbonyl (C=O) groups is 2. The molecule has 0 spiro atoms. The van der Waals surface area contributed by atoms with Gasteiger partial charge in [-0.15, -0.1) is 0 Å². The van der Waals surface area contributed by atoms with Gasteiger partial charge in [-0.25, -0.2) is 4.79 Å². The summed E-state index contributed by atoms with van der Waals surface area (Å²) in [6.45, 7) is 7.50. The average molecular weight is 328 g/mol. The van der Waals surface area contributed by atoms with Gasteiger partial charge in [-0.1, -0.05) is 17.7 Å². The summed E-state index contributed by atoms with van der Waals surface area (Å²) in [4.78, 5) is 23.0. The molecular formula is C16H22ClNO4. The van der Waals surface area contributed by atoms with Gasteiger partial charge in [0, 0.05) is 6.42 Å². The van der Waals surface area contributed by atoms with Crippen LogP contribution in [-0.4, -0.2) is 24.3 Å². The number of amides is 1. The number of hydrogen-bond donors (Lipinski definition) is 1. The van der Waals surface area contributed by atoms with Crippen molar-refractivity contribution in [1.29, 1.82) is 0 Å². The fraction of sp³-hybridized carbons (Fsp3) is 0.500. The highest BCUT2D eigenvalue weighted by Crippen LogP contribution is 2.24. The Labute approximate surface area is 135 Å². The molecule has 0 aliphatic rings. The molecule has 1 amide bonds. The number of benzene rings is 1. The van der Waals surface area contributed by atoms with Crippen molar-refractivity contribution >= 4 is 29.4 Å². The molecule has 122 valence electrons. The Hall–Kier alpha value is -1.75. The topological polar surface area (TPSA) is 64.6 Å². The van der Waals surface area contributed by atoms with E-state index in [4.69, 9.17) is 21.1 Å². The van der Waals surface area contributed by atoms with Crippen molar-refractivity contribution in [2.24, 2.45) is 0 Å².